The van der Waals surface area contributed by atoms with Crippen molar-refractivity contribution >= 4 is 39.9 Å². The lowest BCUT2D eigenvalue weighted by Crippen LogP contribution is -2.58. The Morgan fingerprint density at radius 3 is 2.50 bits per heavy atom. The molecule has 0 bridgehead atoms. The average molecular weight is 801 g/mol. The lowest BCUT2D eigenvalue weighted by atomic mass is 10.0. The van der Waals surface area contributed by atoms with Gasteiger partial charge in [0.05, 0.1) is 11.8 Å². The van der Waals surface area contributed by atoms with Crippen molar-refractivity contribution in [2.45, 2.75) is 126 Å². The van der Waals surface area contributed by atoms with Crippen molar-refractivity contribution in [3.63, 3.8) is 0 Å². The predicted molar refractivity (Wildman–Crippen MR) is 205 cm³/mol. The van der Waals surface area contributed by atoms with Crippen LogP contribution in [0.25, 0.3) is 0 Å². The molecule has 1 aromatic rings. The quantitative estimate of drug-likeness (QED) is 0.311. The Morgan fingerprint density at radius 1 is 1.04 bits per heavy atom. The fraction of sp³-hybridized carbons (Fsp3) is 0.667. The molecule has 5 atom stereocenters. The van der Waals surface area contributed by atoms with Crippen LogP contribution in [0.4, 0.5) is 9.59 Å². The zero-order valence-electron chi connectivity index (χ0n) is 33.0. The molecule has 17 heteroatoms. The highest BCUT2D eigenvalue weighted by molar-refractivity contribution is 7.91. The normalized spacial score (nSPS) is 27.5. The highest BCUT2D eigenvalue weighted by Gasteiger charge is 2.62. The summed E-state index contributed by atoms with van der Waals surface area (Å²) < 4.78 is 45.1. The summed E-state index contributed by atoms with van der Waals surface area (Å²) in [7, 11) is 0.0161. The van der Waals surface area contributed by atoms with Crippen LogP contribution in [0.2, 0.25) is 0 Å². The topological polar surface area (TPSA) is 193 Å². The molecule has 0 radical (unpaired) electrons. The van der Waals surface area contributed by atoms with Gasteiger partial charge < -0.3 is 34.6 Å². The van der Waals surface area contributed by atoms with E-state index in [1.54, 1.807) is 25.7 Å². The molecule has 3 heterocycles. The van der Waals surface area contributed by atoms with Crippen molar-refractivity contribution in [1.29, 1.82) is 0 Å². The van der Waals surface area contributed by atoms with Crippen LogP contribution in [-0.4, -0.2) is 121 Å². The molecule has 2 aliphatic carbocycles. The van der Waals surface area contributed by atoms with Crippen molar-refractivity contribution in [3.05, 3.63) is 41.5 Å². The van der Waals surface area contributed by atoms with Gasteiger partial charge >= 0.3 is 12.2 Å². The molecule has 5 aliphatic rings. The first-order valence-electron chi connectivity index (χ1n) is 19.6. The number of nitrogens with zero attached hydrogens (tertiary/aromatic N) is 3. The van der Waals surface area contributed by atoms with Gasteiger partial charge in [-0.2, -0.15) is 0 Å². The number of benzene rings is 1. The van der Waals surface area contributed by atoms with Crippen molar-refractivity contribution in [2.75, 3.05) is 33.8 Å². The molecule has 3 N–H and O–H groups in total. The van der Waals surface area contributed by atoms with Crippen molar-refractivity contribution in [2.24, 2.45) is 5.92 Å². The molecule has 308 valence electrons. The molecule has 2 saturated carbocycles. The summed E-state index contributed by atoms with van der Waals surface area (Å²) >= 11 is 0. The minimum absolute atomic E-state index is 0.0777. The van der Waals surface area contributed by atoms with E-state index in [2.05, 4.69) is 15.4 Å². The number of hydrogen-bond donors (Lipinski definition) is 3. The van der Waals surface area contributed by atoms with Gasteiger partial charge in [-0.05, 0) is 96.7 Å². The molecule has 0 spiro atoms. The highest BCUT2D eigenvalue weighted by atomic mass is 32.2. The molecule has 1 aromatic carbocycles. The maximum Gasteiger partial charge on any atom is 0.410 e. The van der Waals surface area contributed by atoms with E-state index in [1.807, 2.05) is 49.3 Å². The van der Waals surface area contributed by atoms with Crippen LogP contribution in [0, 0.1) is 5.92 Å². The Labute approximate surface area is 329 Å². The number of rotatable bonds is 9. The summed E-state index contributed by atoms with van der Waals surface area (Å²) in [6, 6.07) is 3.45. The molecular formula is C39H56N6O10S. The number of ether oxygens (including phenoxy) is 3. The number of fused-ring (bicyclic) bond motifs is 3. The second kappa shape index (κ2) is 16.6. The van der Waals surface area contributed by atoms with E-state index in [9.17, 15) is 32.4 Å². The number of carbonyl (C=O) groups is 5. The van der Waals surface area contributed by atoms with E-state index in [1.165, 1.54) is 4.90 Å². The van der Waals surface area contributed by atoms with Gasteiger partial charge in [0.2, 0.25) is 21.8 Å². The molecule has 3 fully saturated rings. The SMILES string of the molecule is CN(C)CCOc1ccc2c(c1)CN(C(=O)O[C@@H]1C[C@H]3C(=O)N[C@]4(C(=O)NS(=O)(=O)C5CC5)C[C@H]4/C=C\CCCCC[C@H](NC(=O)OC(C)(C)C)C(=O)N3C1)C2. The van der Waals surface area contributed by atoms with Gasteiger partial charge in [-0.3, -0.25) is 24.0 Å². The van der Waals surface area contributed by atoms with Crippen LogP contribution in [0.5, 0.6) is 5.75 Å². The molecule has 5 amide bonds. The highest BCUT2D eigenvalue weighted by Crippen LogP contribution is 2.46. The number of carbonyl (C=O) groups excluding carboxylic acids is 5. The fourth-order valence-corrected chi connectivity index (χ4v) is 8.81. The van der Waals surface area contributed by atoms with Gasteiger partial charge in [0.15, 0.2) is 0 Å². The van der Waals surface area contributed by atoms with E-state index in [0.717, 1.165) is 30.5 Å². The summed E-state index contributed by atoms with van der Waals surface area (Å²) in [4.78, 5) is 73.8. The number of amides is 5. The number of alkyl carbamates (subject to hydrolysis) is 1. The maximum absolute atomic E-state index is 14.4. The van der Waals surface area contributed by atoms with Crippen LogP contribution < -0.4 is 20.1 Å². The predicted octanol–water partition coefficient (Wildman–Crippen LogP) is 2.95. The van der Waals surface area contributed by atoms with Gasteiger partial charge in [0.25, 0.3) is 5.91 Å². The number of nitrogens with one attached hydrogen (secondary N) is 3. The number of sulfonamides is 1. The van der Waals surface area contributed by atoms with Crippen molar-refractivity contribution < 1.29 is 46.6 Å². The molecule has 56 heavy (non-hydrogen) atoms. The maximum atomic E-state index is 14.4. The Morgan fingerprint density at radius 2 is 1.79 bits per heavy atom. The standard InChI is InChI=1S/C39H56N6O10S/c1-38(2,3)55-36(49)40-31-12-10-8-6-7-9-11-27-21-39(27,35(48)42-56(51,52)30-15-16-30)41-33(46)32-20-29(24-45(32)34(31)47)54-37(50)44-22-25-13-14-28(19-26(25)23-44)53-18-17-43(4)5/h9,11,13-14,19,27,29-32H,6-8,10,12,15-18,20-24H2,1-5H3,(H,40,49)(H,41,46)(H,42,48)/b11-9-/t27-,29-,31+,32+,39-/m1/s1. The first kappa shape index (κ1) is 41.3. The third kappa shape index (κ3) is 10.1. The largest absolute Gasteiger partial charge is 0.492 e. The smallest absolute Gasteiger partial charge is 0.410 e. The zero-order valence-corrected chi connectivity index (χ0v) is 33.8. The van der Waals surface area contributed by atoms with Crippen LogP contribution in [0.15, 0.2) is 30.4 Å². The molecule has 1 saturated heterocycles. The first-order chi connectivity index (χ1) is 26.4. The zero-order chi connectivity index (χ0) is 40.4. The first-order valence-corrected chi connectivity index (χ1v) is 21.2. The van der Waals surface area contributed by atoms with Gasteiger partial charge in [0, 0.05) is 32.0 Å². The molecule has 3 aliphatic heterocycles. The Hall–Kier alpha value is -4.38. The van der Waals surface area contributed by atoms with Crippen LogP contribution in [0.3, 0.4) is 0 Å². The van der Waals surface area contributed by atoms with Crippen LogP contribution in [-0.2, 0) is 47.0 Å². The summed E-state index contributed by atoms with van der Waals surface area (Å²) in [6.45, 7) is 6.86. The second-order valence-corrected chi connectivity index (χ2v) is 18.9. The van der Waals surface area contributed by atoms with Crippen molar-refractivity contribution in [1.82, 2.24) is 30.1 Å². The van der Waals surface area contributed by atoms with Crippen molar-refractivity contribution in [3.8, 4) is 5.75 Å². The van der Waals surface area contributed by atoms with E-state index in [4.69, 9.17) is 14.2 Å². The fourth-order valence-electron chi connectivity index (χ4n) is 7.45. The summed E-state index contributed by atoms with van der Waals surface area (Å²) in [5.74, 6) is -1.82. The molecule has 6 rings (SSSR count). The average Bonchev–Trinajstić information content (AvgIpc) is 4.00. The Balaban J connectivity index is 1.21. The minimum atomic E-state index is -3.91. The van der Waals surface area contributed by atoms with E-state index in [0.29, 0.717) is 44.6 Å². The van der Waals surface area contributed by atoms with Gasteiger partial charge in [-0.25, -0.2) is 18.0 Å². The van der Waals surface area contributed by atoms with Gasteiger partial charge in [-0.1, -0.05) is 31.1 Å². The number of hydrogen-bond acceptors (Lipinski definition) is 11. The molecule has 0 unspecified atom stereocenters. The second-order valence-electron chi connectivity index (χ2n) is 16.9. The van der Waals surface area contributed by atoms with E-state index < -0.39 is 80.4 Å². The molecule has 16 nitrogen and oxygen atoms in total. The van der Waals surface area contributed by atoms with Gasteiger partial charge in [0.1, 0.15) is 41.7 Å². The monoisotopic (exact) mass is 800 g/mol. The summed E-state index contributed by atoms with van der Waals surface area (Å²) in [5.41, 5.74) is -0.488. The lowest BCUT2D eigenvalue weighted by molar-refractivity contribution is -0.141. The Kier molecular flexibility index (Phi) is 12.2. The van der Waals surface area contributed by atoms with E-state index in [-0.39, 0.29) is 32.4 Å². The third-order valence-corrected chi connectivity index (χ3v) is 12.6. The molecule has 0 aromatic heterocycles. The summed E-state index contributed by atoms with van der Waals surface area (Å²) in [6.07, 6.45) is 5.54. The Bertz CT molecular complexity index is 1830. The number of likely N-dealkylation sites (N-methyl/N-ethyl adjacent to an activating group) is 1. The van der Waals surface area contributed by atoms with Crippen LogP contribution in [0.1, 0.15) is 89.7 Å². The summed E-state index contributed by atoms with van der Waals surface area (Å²) in [5, 5.41) is 4.89. The molecular weight excluding hydrogens is 745 g/mol. The van der Waals surface area contributed by atoms with Crippen LogP contribution >= 0.6 is 0 Å². The number of allylic oxidation sites excluding steroid dienone is 1. The third-order valence-electron chi connectivity index (χ3n) is 10.8. The van der Waals surface area contributed by atoms with E-state index >= 15 is 0 Å². The minimum Gasteiger partial charge on any atom is -0.492 e. The lowest BCUT2D eigenvalue weighted by Gasteiger charge is -2.30. The van der Waals surface area contributed by atoms with Gasteiger partial charge in [-0.15, -0.1) is 0 Å².